The van der Waals surface area contributed by atoms with E-state index < -0.39 is 17.4 Å². The van der Waals surface area contributed by atoms with E-state index in [-0.39, 0.29) is 6.54 Å². The normalized spacial score (nSPS) is 20.3. The Balaban J connectivity index is 1.68. The molecule has 1 aromatic heterocycles. The first-order valence-corrected chi connectivity index (χ1v) is 12.7. The Morgan fingerprint density at radius 1 is 1.00 bits per heavy atom. The molecule has 2 fully saturated rings. The number of rotatable bonds is 13. The molecule has 1 saturated heterocycles. The lowest BCUT2D eigenvalue weighted by molar-refractivity contribution is 0.270. The van der Waals surface area contributed by atoms with Gasteiger partial charge in [-0.05, 0) is 56.8 Å². The molecule has 194 valence electrons. The van der Waals surface area contributed by atoms with Gasteiger partial charge < -0.3 is 20.7 Å². The van der Waals surface area contributed by atoms with E-state index in [0.29, 0.717) is 29.8 Å². The van der Waals surface area contributed by atoms with Crippen LogP contribution in [0.15, 0.2) is 36.1 Å². The van der Waals surface area contributed by atoms with Crippen LogP contribution in [0.2, 0.25) is 0 Å². The van der Waals surface area contributed by atoms with Gasteiger partial charge in [0.15, 0.2) is 17.4 Å². The second-order valence-corrected chi connectivity index (χ2v) is 9.01. The number of likely N-dealkylation sites (N-methyl/N-ethyl adjacent to an activating group) is 1. The van der Waals surface area contributed by atoms with Crippen molar-refractivity contribution in [2.45, 2.75) is 57.9 Å². The number of aromatic nitrogens is 3. The molecule has 1 aromatic rings. The quantitative estimate of drug-likeness (QED) is 0.261. The molecular formula is C25H39F2N7O. The third-order valence-corrected chi connectivity index (χ3v) is 6.67. The summed E-state index contributed by atoms with van der Waals surface area (Å²) < 4.78 is 32.8. The van der Waals surface area contributed by atoms with Crippen LogP contribution in [0, 0.1) is 5.92 Å². The van der Waals surface area contributed by atoms with Crippen molar-refractivity contribution in [3.63, 3.8) is 0 Å². The molecule has 0 amide bonds. The maximum Gasteiger partial charge on any atom is 0.229 e. The monoisotopic (exact) mass is 491 g/mol. The highest BCUT2D eigenvalue weighted by Gasteiger charge is 2.23. The number of likely N-dealkylation sites (tertiary alicyclic amines) is 1. The van der Waals surface area contributed by atoms with E-state index >= 15 is 0 Å². The molecule has 0 aromatic carbocycles. The molecule has 2 heterocycles. The molecule has 1 unspecified atom stereocenters. The summed E-state index contributed by atoms with van der Waals surface area (Å²) in [6.07, 6.45) is 10.7. The Hall–Kier alpha value is -2.75. The number of ether oxygens (including phenoxy) is 1. The highest BCUT2D eigenvalue weighted by molar-refractivity contribution is 5.43. The minimum Gasteiger partial charge on any atom is -0.491 e. The molecule has 0 spiro atoms. The first-order valence-electron chi connectivity index (χ1n) is 12.7. The summed E-state index contributed by atoms with van der Waals surface area (Å²) in [7, 11) is 1.21. The number of halogens is 2. The maximum atomic E-state index is 14.3. The van der Waals surface area contributed by atoms with E-state index in [2.05, 4.69) is 49.3 Å². The molecule has 0 radical (unpaired) electrons. The Morgan fingerprint density at radius 3 is 2.29 bits per heavy atom. The van der Waals surface area contributed by atoms with Crippen LogP contribution in [0.25, 0.3) is 0 Å². The number of methoxy groups -OCH3 is 1. The highest BCUT2D eigenvalue weighted by Crippen LogP contribution is 2.24. The van der Waals surface area contributed by atoms with Crippen LogP contribution < -0.4 is 16.0 Å². The third kappa shape index (κ3) is 8.16. The zero-order valence-corrected chi connectivity index (χ0v) is 21.0. The van der Waals surface area contributed by atoms with Crippen molar-refractivity contribution < 1.29 is 13.5 Å². The second-order valence-electron chi connectivity index (χ2n) is 9.01. The minimum absolute atomic E-state index is 0.0425. The lowest BCUT2D eigenvalue weighted by Crippen LogP contribution is -2.35. The average Bonchev–Trinajstić information content (AvgIpc) is 3.35. The zero-order valence-electron chi connectivity index (χ0n) is 21.0. The fraction of sp³-hybridized carbons (Fsp3) is 0.640. The fourth-order valence-corrected chi connectivity index (χ4v) is 4.72. The van der Waals surface area contributed by atoms with Gasteiger partial charge in [-0.3, -0.25) is 4.90 Å². The summed E-state index contributed by atoms with van der Waals surface area (Å²) in [6, 6.07) is 0.447. The summed E-state index contributed by atoms with van der Waals surface area (Å²) in [5, 5.41) is 9.70. The average molecular weight is 492 g/mol. The Kier molecular flexibility index (Phi) is 10.7. The molecule has 3 N–H and O–H groups in total. The molecule has 2 aliphatic rings. The van der Waals surface area contributed by atoms with Crippen molar-refractivity contribution in [2.24, 2.45) is 5.92 Å². The number of hydrogen-bond acceptors (Lipinski definition) is 8. The van der Waals surface area contributed by atoms with E-state index in [1.165, 1.54) is 51.7 Å². The smallest absolute Gasteiger partial charge is 0.229 e. The van der Waals surface area contributed by atoms with Gasteiger partial charge in [0.2, 0.25) is 17.8 Å². The van der Waals surface area contributed by atoms with Crippen LogP contribution in [0.5, 0.6) is 0 Å². The summed E-state index contributed by atoms with van der Waals surface area (Å²) in [5.41, 5.74) is 0. The van der Waals surface area contributed by atoms with E-state index in [1.807, 2.05) is 0 Å². The molecule has 1 saturated carbocycles. The summed E-state index contributed by atoms with van der Waals surface area (Å²) in [4.78, 5) is 15.9. The molecule has 35 heavy (non-hydrogen) atoms. The van der Waals surface area contributed by atoms with Crippen LogP contribution in [0.4, 0.5) is 26.6 Å². The Labute approximate surface area is 207 Å². The number of hydrogen-bond donors (Lipinski definition) is 3. The van der Waals surface area contributed by atoms with Gasteiger partial charge in [0.05, 0.1) is 7.11 Å². The second kappa shape index (κ2) is 14.0. The van der Waals surface area contributed by atoms with Crippen molar-refractivity contribution in [1.29, 1.82) is 0 Å². The predicted octanol–water partition coefficient (Wildman–Crippen LogP) is 5.04. The molecule has 3 rings (SSSR count). The van der Waals surface area contributed by atoms with E-state index in [9.17, 15) is 8.78 Å². The Morgan fingerprint density at radius 2 is 1.66 bits per heavy atom. The molecule has 1 atom stereocenters. The predicted molar refractivity (Wildman–Crippen MR) is 137 cm³/mol. The van der Waals surface area contributed by atoms with Gasteiger partial charge in [-0.1, -0.05) is 32.8 Å². The van der Waals surface area contributed by atoms with Gasteiger partial charge in [0.1, 0.15) is 0 Å². The van der Waals surface area contributed by atoms with Crippen molar-refractivity contribution >= 4 is 17.8 Å². The first kappa shape index (κ1) is 26.8. The first-order chi connectivity index (χ1) is 17.0. The number of anilines is 3. The largest absolute Gasteiger partial charge is 0.491 e. The van der Waals surface area contributed by atoms with Crippen molar-refractivity contribution in [3.05, 3.63) is 36.1 Å². The van der Waals surface area contributed by atoms with Crippen LogP contribution >= 0.6 is 0 Å². The SMILES string of the molecule is C=C/C(F)=C(OC)\C(F)=C/CNc1nc(NCC2CCCCC2)nc(NCC2CCCN2CC)n1. The van der Waals surface area contributed by atoms with Gasteiger partial charge >= 0.3 is 0 Å². The highest BCUT2D eigenvalue weighted by atomic mass is 19.1. The summed E-state index contributed by atoms with van der Waals surface area (Å²) in [5.74, 6) is -0.321. The number of nitrogens with zero attached hydrogens (tertiary/aromatic N) is 4. The van der Waals surface area contributed by atoms with Gasteiger partial charge in [-0.15, -0.1) is 0 Å². The van der Waals surface area contributed by atoms with E-state index in [0.717, 1.165) is 38.7 Å². The minimum atomic E-state index is -0.866. The van der Waals surface area contributed by atoms with Crippen LogP contribution in [0.3, 0.4) is 0 Å². The molecular weight excluding hydrogens is 452 g/mol. The fourth-order valence-electron chi connectivity index (χ4n) is 4.72. The number of allylic oxidation sites excluding steroid dienone is 3. The van der Waals surface area contributed by atoms with Gasteiger partial charge in [-0.25, -0.2) is 8.78 Å². The lowest BCUT2D eigenvalue weighted by Gasteiger charge is -2.23. The van der Waals surface area contributed by atoms with Gasteiger partial charge in [0, 0.05) is 25.7 Å². The van der Waals surface area contributed by atoms with Gasteiger partial charge in [-0.2, -0.15) is 15.0 Å². The van der Waals surface area contributed by atoms with Gasteiger partial charge in [0.25, 0.3) is 0 Å². The standard InChI is InChI=1S/C25H39F2N7O/c1-4-20(26)22(35-3)21(27)13-14-28-23-31-24(29-16-18-10-7-6-8-11-18)33-25(32-23)30-17-19-12-9-15-34(19)5-2/h4,13,18-19H,1,5-12,14-17H2,2-3H3,(H3,28,29,30,31,32,33)/b21-13+,22-20-. The lowest BCUT2D eigenvalue weighted by atomic mass is 9.89. The molecule has 0 bridgehead atoms. The number of nitrogens with one attached hydrogen (secondary N) is 3. The van der Waals surface area contributed by atoms with Crippen molar-refractivity contribution in [3.8, 4) is 0 Å². The maximum absolute atomic E-state index is 14.3. The summed E-state index contributed by atoms with van der Waals surface area (Å²) >= 11 is 0. The van der Waals surface area contributed by atoms with Crippen molar-refractivity contribution in [2.75, 3.05) is 55.8 Å². The van der Waals surface area contributed by atoms with E-state index in [1.54, 1.807) is 0 Å². The molecule has 8 nitrogen and oxygen atoms in total. The zero-order chi connectivity index (χ0) is 25.0. The van der Waals surface area contributed by atoms with Crippen LogP contribution in [-0.4, -0.2) is 65.7 Å². The topological polar surface area (TPSA) is 87.2 Å². The van der Waals surface area contributed by atoms with Crippen molar-refractivity contribution in [1.82, 2.24) is 19.9 Å². The molecule has 10 heteroatoms. The third-order valence-electron chi connectivity index (χ3n) is 6.67. The summed E-state index contributed by atoms with van der Waals surface area (Å²) in [6.45, 7) is 9.21. The van der Waals surface area contributed by atoms with E-state index in [4.69, 9.17) is 4.74 Å². The van der Waals surface area contributed by atoms with Crippen LogP contribution in [-0.2, 0) is 4.74 Å². The van der Waals surface area contributed by atoms with Crippen LogP contribution in [0.1, 0.15) is 51.9 Å². The molecule has 1 aliphatic carbocycles. The Bertz CT molecular complexity index is 887. The molecule has 1 aliphatic heterocycles.